The normalized spacial score (nSPS) is 13.1. The van der Waals surface area contributed by atoms with Crippen LogP contribution in [0.3, 0.4) is 0 Å². The molecule has 3 heterocycles. The molecule has 1 aliphatic heterocycles. The number of benzene rings is 1. The molecule has 3 aromatic rings. The highest BCUT2D eigenvalue weighted by Crippen LogP contribution is 2.28. The number of amides is 1. The maximum Gasteiger partial charge on any atom is 0.267 e. The van der Waals surface area contributed by atoms with E-state index in [2.05, 4.69) is 42.3 Å². The summed E-state index contributed by atoms with van der Waals surface area (Å²) in [6.07, 6.45) is 2.73. The Kier molecular flexibility index (Phi) is 12.8. The van der Waals surface area contributed by atoms with E-state index in [0.29, 0.717) is 32.4 Å². The Balaban J connectivity index is 0.00000115. The van der Waals surface area contributed by atoms with Gasteiger partial charge in [0.1, 0.15) is 22.3 Å². The van der Waals surface area contributed by atoms with Crippen LogP contribution in [0.1, 0.15) is 62.1 Å². The molecule has 1 fully saturated rings. The topological polar surface area (TPSA) is 86.3 Å². The minimum atomic E-state index is -0.249. The van der Waals surface area contributed by atoms with Crippen molar-refractivity contribution in [3.63, 3.8) is 0 Å². The highest BCUT2D eigenvalue weighted by molar-refractivity contribution is 7.17. The highest BCUT2D eigenvalue weighted by Gasteiger charge is 2.19. The zero-order chi connectivity index (χ0) is 27.4. The largest absolute Gasteiger partial charge is 0.354 e. The fourth-order valence-electron chi connectivity index (χ4n) is 3.81. The van der Waals surface area contributed by atoms with Crippen molar-refractivity contribution in [2.45, 2.75) is 54.9 Å². The molecule has 0 aliphatic carbocycles. The summed E-state index contributed by atoms with van der Waals surface area (Å²) in [5.41, 5.74) is 1.51. The molecule has 0 bridgehead atoms. The molecule has 1 aliphatic rings. The third-order valence-corrected chi connectivity index (χ3v) is 6.71. The lowest BCUT2D eigenvalue weighted by atomic mass is 10.2. The Morgan fingerprint density at radius 2 is 1.78 bits per heavy atom. The molecule has 202 valence electrons. The molecule has 8 nitrogen and oxygen atoms in total. The van der Waals surface area contributed by atoms with Gasteiger partial charge in [-0.05, 0) is 38.4 Å². The summed E-state index contributed by atoms with van der Waals surface area (Å²) >= 11 is 7.49. The molecule has 1 saturated heterocycles. The third-order valence-electron chi connectivity index (χ3n) is 5.49. The van der Waals surface area contributed by atoms with E-state index in [0.717, 1.165) is 44.1 Å². The van der Waals surface area contributed by atoms with Crippen LogP contribution in [-0.4, -0.2) is 58.5 Å². The van der Waals surface area contributed by atoms with Gasteiger partial charge < -0.3 is 15.5 Å². The van der Waals surface area contributed by atoms with Gasteiger partial charge in [-0.15, -0.1) is 0 Å². The molecule has 0 saturated carbocycles. The van der Waals surface area contributed by atoms with Gasteiger partial charge in [0.25, 0.3) is 5.91 Å². The number of hydrogen-bond acceptors (Lipinski definition) is 8. The highest BCUT2D eigenvalue weighted by atomic mass is 35.5. The van der Waals surface area contributed by atoms with Gasteiger partial charge >= 0.3 is 0 Å². The first kappa shape index (κ1) is 30.5. The van der Waals surface area contributed by atoms with Crippen LogP contribution in [-0.2, 0) is 0 Å². The molecule has 0 radical (unpaired) electrons. The molecular weight excluding hydrogens is 506 g/mol. The monoisotopic (exact) mass is 545 g/mol. The maximum atomic E-state index is 12.7. The predicted molar refractivity (Wildman–Crippen MR) is 158 cm³/mol. The van der Waals surface area contributed by atoms with Crippen LogP contribution in [0, 0.1) is 13.8 Å². The lowest BCUT2D eigenvalue weighted by Gasteiger charge is -2.35. The van der Waals surface area contributed by atoms with Crippen LogP contribution >= 0.6 is 22.9 Å². The van der Waals surface area contributed by atoms with Gasteiger partial charge in [-0.1, -0.05) is 69.7 Å². The van der Waals surface area contributed by atoms with Crippen molar-refractivity contribution in [1.29, 1.82) is 0 Å². The zero-order valence-corrected chi connectivity index (χ0v) is 24.6. The van der Waals surface area contributed by atoms with Gasteiger partial charge in [0, 0.05) is 32.2 Å². The van der Waals surface area contributed by atoms with E-state index in [9.17, 15) is 4.79 Å². The second-order valence-electron chi connectivity index (χ2n) is 8.03. The number of para-hydroxylation sites is 1. The van der Waals surface area contributed by atoms with Crippen molar-refractivity contribution in [2.75, 3.05) is 48.3 Å². The van der Waals surface area contributed by atoms with E-state index < -0.39 is 0 Å². The number of nitrogens with one attached hydrogen (secondary N) is 2. The van der Waals surface area contributed by atoms with Crippen LogP contribution in [0.15, 0.2) is 30.5 Å². The van der Waals surface area contributed by atoms with E-state index in [1.165, 1.54) is 17.8 Å². The molecular formula is C27H40ClN7OS. The maximum absolute atomic E-state index is 12.7. The third kappa shape index (κ3) is 8.66. The summed E-state index contributed by atoms with van der Waals surface area (Å²) in [6.45, 7) is 19.1. The smallest absolute Gasteiger partial charge is 0.267 e. The number of nitrogens with zero attached hydrogens (tertiary/aromatic N) is 5. The Bertz CT molecular complexity index is 1110. The number of piperazine rings is 1. The second kappa shape index (κ2) is 15.5. The predicted octanol–water partition coefficient (Wildman–Crippen LogP) is 6.78. The van der Waals surface area contributed by atoms with Crippen LogP contribution < -0.4 is 15.5 Å². The Labute approximate surface area is 230 Å². The average Bonchev–Trinajstić information content (AvgIpc) is 3.37. The molecule has 0 unspecified atom stereocenters. The van der Waals surface area contributed by atoms with Crippen LogP contribution in [0.4, 0.5) is 22.5 Å². The lowest BCUT2D eigenvalue weighted by molar-refractivity contribution is 0.103. The average molecular weight is 546 g/mol. The molecule has 2 N–H and O–H groups in total. The van der Waals surface area contributed by atoms with Crippen LogP contribution in [0.5, 0.6) is 0 Å². The van der Waals surface area contributed by atoms with Crippen molar-refractivity contribution < 1.29 is 4.79 Å². The summed E-state index contributed by atoms with van der Waals surface area (Å²) < 4.78 is 0. The minimum absolute atomic E-state index is 0.249. The van der Waals surface area contributed by atoms with E-state index in [1.807, 2.05) is 59.7 Å². The fraction of sp³-hybridized carbons (Fsp3) is 0.481. The Morgan fingerprint density at radius 1 is 1.08 bits per heavy atom. The Hall–Kier alpha value is -2.75. The molecule has 1 amide bonds. The van der Waals surface area contributed by atoms with Crippen molar-refractivity contribution in [1.82, 2.24) is 19.9 Å². The van der Waals surface area contributed by atoms with Gasteiger partial charge in [-0.2, -0.15) is 0 Å². The first-order valence-electron chi connectivity index (χ1n) is 13.0. The SMILES string of the molecule is CC.CC.CCCN1CCN(c2cc(Nc3ncc(C(=O)Nc4c(C)cccc4Cl)s3)nc(C)n2)CC1. The molecule has 0 spiro atoms. The number of aromatic nitrogens is 3. The fourth-order valence-corrected chi connectivity index (χ4v) is 4.79. The first-order valence-corrected chi connectivity index (χ1v) is 14.2. The second-order valence-corrected chi connectivity index (χ2v) is 9.47. The number of carbonyl (C=O) groups is 1. The number of rotatable bonds is 7. The van der Waals surface area contributed by atoms with Gasteiger partial charge in [-0.25, -0.2) is 15.0 Å². The summed E-state index contributed by atoms with van der Waals surface area (Å²) in [6, 6.07) is 7.45. The lowest BCUT2D eigenvalue weighted by Crippen LogP contribution is -2.46. The van der Waals surface area contributed by atoms with Crippen molar-refractivity contribution >= 4 is 51.3 Å². The summed E-state index contributed by atoms with van der Waals surface area (Å²) in [4.78, 5) is 31.4. The number of anilines is 4. The standard InChI is InChI=1S/C23H28ClN7OS.2C2H6/c1-4-8-30-9-11-31(12-10-30)20-13-19(26-16(3)27-20)28-23-25-14-18(33-23)22(32)29-21-15(2)6-5-7-17(21)24;2*1-2/h5-7,13-14H,4,8-12H2,1-3H3,(H,29,32)(H,25,26,27,28);2*1-2H3. The summed E-state index contributed by atoms with van der Waals surface area (Å²) in [5, 5.41) is 7.21. The number of carbonyl (C=O) groups excluding carboxylic acids is 1. The Morgan fingerprint density at radius 3 is 2.43 bits per heavy atom. The zero-order valence-electron chi connectivity index (χ0n) is 23.1. The molecule has 37 heavy (non-hydrogen) atoms. The van der Waals surface area contributed by atoms with Crippen LogP contribution in [0.25, 0.3) is 0 Å². The van der Waals surface area contributed by atoms with E-state index in [-0.39, 0.29) is 5.91 Å². The summed E-state index contributed by atoms with van der Waals surface area (Å²) in [7, 11) is 0. The minimum Gasteiger partial charge on any atom is -0.354 e. The molecule has 10 heteroatoms. The van der Waals surface area contributed by atoms with E-state index in [4.69, 9.17) is 11.6 Å². The van der Waals surface area contributed by atoms with Crippen molar-refractivity contribution in [3.8, 4) is 0 Å². The number of hydrogen-bond donors (Lipinski definition) is 2. The number of thiazole rings is 1. The van der Waals surface area contributed by atoms with E-state index >= 15 is 0 Å². The number of aryl methyl sites for hydroxylation is 2. The molecule has 1 aromatic carbocycles. The van der Waals surface area contributed by atoms with E-state index in [1.54, 1.807) is 12.3 Å². The molecule has 2 aromatic heterocycles. The van der Waals surface area contributed by atoms with Gasteiger partial charge in [0.15, 0.2) is 5.13 Å². The quantitative estimate of drug-likeness (QED) is 0.338. The van der Waals surface area contributed by atoms with Gasteiger partial charge in [0.2, 0.25) is 0 Å². The van der Waals surface area contributed by atoms with Crippen LogP contribution in [0.2, 0.25) is 5.02 Å². The number of halogens is 1. The summed E-state index contributed by atoms with van der Waals surface area (Å²) in [5.74, 6) is 2.01. The first-order chi connectivity index (χ1) is 17.9. The van der Waals surface area contributed by atoms with Gasteiger partial charge in [0.05, 0.1) is 16.9 Å². The van der Waals surface area contributed by atoms with Gasteiger partial charge in [-0.3, -0.25) is 9.69 Å². The molecule has 4 rings (SSSR count). The molecule has 0 atom stereocenters. The van der Waals surface area contributed by atoms with Crippen molar-refractivity contribution in [2.24, 2.45) is 0 Å². The van der Waals surface area contributed by atoms with Crippen molar-refractivity contribution in [3.05, 3.63) is 51.7 Å².